The van der Waals surface area contributed by atoms with E-state index < -0.39 is 6.10 Å². The summed E-state index contributed by atoms with van der Waals surface area (Å²) in [6.45, 7) is 1.68. The molecule has 3 aromatic rings. The molecule has 4 nitrogen and oxygen atoms in total. The Kier molecular flexibility index (Phi) is 4.87. The summed E-state index contributed by atoms with van der Waals surface area (Å²) in [6, 6.07) is 19.5. The van der Waals surface area contributed by atoms with E-state index in [0.29, 0.717) is 29.9 Å². The van der Waals surface area contributed by atoms with Gasteiger partial charge in [0.2, 0.25) is 0 Å². The van der Waals surface area contributed by atoms with Crippen molar-refractivity contribution in [3.05, 3.63) is 87.8 Å². The van der Waals surface area contributed by atoms with Crippen molar-refractivity contribution in [1.29, 1.82) is 0 Å². The smallest absolute Gasteiger partial charge is 0.254 e. The highest BCUT2D eigenvalue weighted by Gasteiger charge is 2.15. The minimum atomic E-state index is -0.593. The Morgan fingerprint density at radius 3 is 2.29 bits per heavy atom. The summed E-state index contributed by atoms with van der Waals surface area (Å²) in [6.07, 6.45) is 0.261. The normalized spacial score (nSPS) is 12.1. The van der Waals surface area contributed by atoms with E-state index in [-0.39, 0.29) is 5.56 Å². The largest absolute Gasteiger partial charge is 0.393 e. The number of aromatic amines is 1. The number of H-pyrrole nitrogens is 1. The number of rotatable bonds is 5. The van der Waals surface area contributed by atoms with Gasteiger partial charge in [-0.15, -0.1) is 0 Å². The van der Waals surface area contributed by atoms with Gasteiger partial charge < -0.3 is 10.1 Å². The van der Waals surface area contributed by atoms with E-state index >= 15 is 0 Å². The van der Waals surface area contributed by atoms with Crippen LogP contribution in [-0.2, 0) is 12.8 Å². The predicted octanol–water partition coefficient (Wildman–Crippen LogP) is 2.95. The van der Waals surface area contributed by atoms with Gasteiger partial charge in [0.15, 0.2) is 0 Å². The number of aliphatic hydroxyl groups excluding tert-OH is 1. The fraction of sp³-hybridized carbons (Fsp3) is 0.200. The summed E-state index contributed by atoms with van der Waals surface area (Å²) >= 11 is 0. The van der Waals surface area contributed by atoms with Gasteiger partial charge in [0, 0.05) is 24.0 Å². The Hall–Kier alpha value is -2.72. The van der Waals surface area contributed by atoms with Gasteiger partial charge in [-0.05, 0) is 12.5 Å². The Morgan fingerprint density at radius 1 is 1.04 bits per heavy atom. The SMILES string of the molecule is CC(O)Cc1c(Cc2ccccc2)nc(-c2ccccc2)[nH]c1=O. The first-order chi connectivity index (χ1) is 11.6. The van der Waals surface area contributed by atoms with Gasteiger partial charge in [-0.1, -0.05) is 60.7 Å². The Balaban J connectivity index is 2.08. The third kappa shape index (κ3) is 3.78. The van der Waals surface area contributed by atoms with Crippen molar-refractivity contribution in [3.8, 4) is 11.4 Å². The molecule has 2 N–H and O–H groups in total. The van der Waals surface area contributed by atoms with Crippen LogP contribution in [0.5, 0.6) is 0 Å². The zero-order valence-electron chi connectivity index (χ0n) is 13.6. The number of nitrogens with one attached hydrogen (secondary N) is 1. The maximum Gasteiger partial charge on any atom is 0.254 e. The summed E-state index contributed by atoms with van der Waals surface area (Å²) < 4.78 is 0. The number of hydrogen-bond donors (Lipinski definition) is 2. The first-order valence-electron chi connectivity index (χ1n) is 8.03. The van der Waals surface area contributed by atoms with Gasteiger partial charge in [-0.3, -0.25) is 4.79 Å². The van der Waals surface area contributed by atoms with Crippen molar-refractivity contribution in [2.45, 2.75) is 25.9 Å². The highest BCUT2D eigenvalue weighted by Crippen LogP contribution is 2.17. The first-order valence-corrected chi connectivity index (χ1v) is 8.03. The van der Waals surface area contributed by atoms with Gasteiger partial charge in [-0.25, -0.2) is 4.98 Å². The molecule has 1 atom stereocenters. The van der Waals surface area contributed by atoms with E-state index in [1.807, 2.05) is 60.7 Å². The average molecular weight is 320 g/mol. The lowest BCUT2D eigenvalue weighted by molar-refractivity contribution is 0.194. The van der Waals surface area contributed by atoms with Crippen molar-refractivity contribution in [3.63, 3.8) is 0 Å². The fourth-order valence-electron chi connectivity index (χ4n) is 2.72. The number of nitrogens with zero attached hydrogens (tertiary/aromatic N) is 1. The lowest BCUT2D eigenvalue weighted by Gasteiger charge is -2.12. The van der Waals surface area contributed by atoms with Gasteiger partial charge >= 0.3 is 0 Å². The number of aromatic nitrogens is 2. The van der Waals surface area contributed by atoms with E-state index in [4.69, 9.17) is 0 Å². The van der Waals surface area contributed by atoms with Crippen LogP contribution in [0.2, 0.25) is 0 Å². The molecular formula is C20H20N2O2. The lowest BCUT2D eigenvalue weighted by atomic mass is 10.0. The van der Waals surface area contributed by atoms with Crippen molar-refractivity contribution < 1.29 is 5.11 Å². The molecule has 0 aliphatic carbocycles. The van der Waals surface area contributed by atoms with Crippen LogP contribution in [-0.4, -0.2) is 21.2 Å². The first kappa shape index (κ1) is 16.1. The molecule has 4 heteroatoms. The zero-order valence-corrected chi connectivity index (χ0v) is 13.6. The van der Waals surface area contributed by atoms with Crippen LogP contribution < -0.4 is 5.56 Å². The monoisotopic (exact) mass is 320 g/mol. The molecular weight excluding hydrogens is 300 g/mol. The minimum absolute atomic E-state index is 0.185. The van der Waals surface area contributed by atoms with Crippen LogP contribution in [0.15, 0.2) is 65.5 Å². The number of benzene rings is 2. The second kappa shape index (κ2) is 7.23. The van der Waals surface area contributed by atoms with E-state index in [1.165, 1.54) is 0 Å². The third-order valence-electron chi connectivity index (χ3n) is 3.86. The van der Waals surface area contributed by atoms with E-state index in [9.17, 15) is 9.90 Å². The predicted molar refractivity (Wildman–Crippen MR) is 94.9 cm³/mol. The molecule has 0 saturated carbocycles. The van der Waals surface area contributed by atoms with E-state index in [2.05, 4.69) is 9.97 Å². The van der Waals surface area contributed by atoms with Crippen LogP contribution >= 0.6 is 0 Å². The lowest BCUT2D eigenvalue weighted by Crippen LogP contribution is -2.22. The van der Waals surface area contributed by atoms with Crippen LogP contribution in [0.25, 0.3) is 11.4 Å². The molecule has 0 spiro atoms. The molecule has 0 amide bonds. The van der Waals surface area contributed by atoms with Gasteiger partial charge in [-0.2, -0.15) is 0 Å². The number of hydrogen-bond acceptors (Lipinski definition) is 3. The van der Waals surface area contributed by atoms with E-state index in [0.717, 1.165) is 11.1 Å². The number of aliphatic hydroxyl groups is 1. The molecule has 3 rings (SSSR count). The summed E-state index contributed by atoms with van der Waals surface area (Å²) in [5, 5.41) is 9.73. The fourth-order valence-corrected chi connectivity index (χ4v) is 2.72. The standard InChI is InChI=1S/C20H20N2O2/c1-14(23)12-17-18(13-15-8-4-2-5-9-15)21-19(22-20(17)24)16-10-6-3-7-11-16/h2-11,14,23H,12-13H2,1H3,(H,21,22,24). The topological polar surface area (TPSA) is 66.0 Å². The Labute approximate surface area is 140 Å². The van der Waals surface area contributed by atoms with Gasteiger partial charge in [0.1, 0.15) is 5.82 Å². The molecule has 2 aromatic carbocycles. The van der Waals surface area contributed by atoms with E-state index in [1.54, 1.807) is 6.92 Å². The molecule has 1 unspecified atom stereocenters. The molecule has 24 heavy (non-hydrogen) atoms. The molecule has 0 radical (unpaired) electrons. The van der Waals surface area contributed by atoms with Crippen molar-refractivity contribution in [2.24, 2.45) is 0 Å². The van der Waals surface area contributed by atoms with Crippen LogP contribution in [0.4, 0.5) is 0 Å². The zero-order chi connectivity index (χ0) is 16.9. The molecule has 122 valence electrons. The molecule has 1 heterocycles. The van der Waals surface area contributed by atoms with Gasteiger partial charge in [0.05, 0.1) is 11.8 Å². The molecule has 1 aromatic heterocycles. The van der Waals surface area contributed by atoms with Crippen LogP contribution in [0.1, 0.15) is 23.7 Å². The molecule has 0 fully saturated rings. The molecule has 0 aliphatic heterocycles. The second-order valence-electron chi connectivity index (χ2n) is 5.92. The van der Waals surface area contributed by atoms with Crippen molar-refractivity contribution >= 4 is 0 Å². The maximum absolute atomic E-state index is 12.6. The van der Waals surface area contributed by atoms with Gasteiger partial charge in [0.25, 0.3) is 5.56 Å². The summed E-state index contributed by atoms with van der Waals surface area (Å²) in [7, 11) is 0. The van der Waals surface area contributed by atoms with Crippen LogP contribution in [0, 0.1) is 0 Å². The highest BCUT2D eigenvalue weighted by molar-refractivity contribution is 5.55. The summed E-state index contributed by atoms with van der Waals surface area (Å²) in [5.41, 5.74) is 3.03. The average Bonchev–Trinajstić information content (AvgIpc) is 2.59. The summed E-state index contributed by atoms with van der Waals surface area (Å²) in [5.74, 6) is 0.556. The minimum Gasteiger partial charge on any atom is -0.393 e. The second-order valence-corrected chi connectivity index (χ2v) is 5.92. The Bertz CT molecular complexity index is 856. The highest BCUT2D eigenvalue weighted by atomic mass is 16.3. The van der Waals surface area contributed by atoms with Crippen molar-refractivity contribution in [1.82, 2.24) is 9.97 Å². The molecule has 0 saturated heterocycles. The maximum atomic E-state index is 12.6. The molecule has 0 bridgehead atoms. The Morgan fingerprint density at radius 2 is 1.67 bits per heavy atom. The third-order valence-corrected chi connectivity index (χ3v) is 3.86. The summed E-state index contributed by atoms with van der Waals surface area (Å²) in [4.78, 5) is 20.1. The van der Waals surface area contributed by atoms with Crippen LogP contribution in [0.3, 0.4) is 0 Å². The quantitative estimate of drug-likeness (QED) is 0.759. The van der Waals surface area contributed by atoms with Crippen molar-refractivity contribution in [2.75, 3.05) is 0 Å². The molecule has 0 aliphatic rings.